The number of unbranched alkanes of at least 4 members (excludes halogenated alkanes) is 6. The van der Waals surface area contributed by atoms with Crippen LogP contribution >= 0.6 is 28.1 Å². The van der Waals surface area contributed by atoms with Crippen LogP contribution in [-0.4, -0.2) is 37.5 Å². The van der Waals surface area contributed by atoms with Crippen LogP contribution in [0.1, 0.15) is 85.0 Å². The molecule has 0 aliphatic carbocycles. The maximum Gasteiger partial charge on any atom is 0.131 e. The third kappa shape index (κ3) is 27.3. The van der Waals surface area contributed by atoms with Gasteiger partial charge in [0, 0.05) is 6.66 Å². The maximum atomic E-state index is 10.5. The van der Waals surface area contributed by atoms with Crippen LogP contribution in [0.25, 0.3) is 0 Å². The second-order valence-electron chi connectivity index (χ2n) is 6.64. The van der Waals surface area contributed by atoms with Crippen molar-refractivity contribution in [2.24, 2.45) is 0 Å². The Morgan fingerprint density at radius 1 is 0.840 bits per heavy atom. The predicted molar refractivity (Wildman–Crippen MR) is 118 cm³/mol. The van der Waals surface area contributed by atoms with E-state index < -0.39 is 7.60 Å². The standard InChI is InChI=1S/C12H27P.C7H17O3PS/c1-4-7-10-13(11-8-5-2)12-9-6-3;1-11(8,9)10-6-4-2-3-5-7-12/h4-12H2,1-3H3;12H,2-7H2,1H3,(H,8,9)/p-1. The van der Waals surface area contributed by atoms with E-state index in [-0.39, 0.29) is 0 Å². The van der Waals surface area contributed by atoms with E-state index in [1.165, 1.54) is 38.5 Å². The van der Waals surface area contributed by atoms with Gasteiger partial charge in [0.1, 0.15) is 7.60 Å². The second kappa shape index (κ2) is 21.2. The first-order valence-electron chi connectivity index (χ1n) is 10.2. The molecule has 0 spiro atoms. The Labute approximate surface area is 164 Å². The van der Waals surface area contributed by atoms with Crippen LogP contribution in [0, 0.1) is 0 Å². The van der Waals surface area contributed by atoms with E-state index in [1.807, 2.05) is 0 Å². The fourth-order valence-electron chi connectivity index (χ4n) is 2.28. The van der Waals surface area contributed by atoms with Gasteiger partial charge in [-0.2, -0.15) is 12.6 Å². The summed E-state index contributed by atoms with van der Waals surface area (Å²) in [6.07, 6.45) is 17.2. The second-order valence-corrected chi connectivity index (χ2v) is 11.6. The minimum Gasteiger partial charge on any atom is -0.779 e. The SMILES string of the molecule is CCCCP(CCCC)CCCC.CP(=O)([O-])OCCCCCCS. The van der Waals surface area contributed by atoms with Crippen molar-refractivity contribution in [2.75, 3.05) is 37.5 Å². The fraction of sp³-hybridized carbons (Fsp3) is 1.00. The van der Waals surface area contributed by atoms with Crippen LogP contribution in [0.4, 0.5) is 0 Å². The molecular weight excluding hydrogens is 370 g/mol. The minimum atomic E-state index is -3.49. The summed E-state index contributed by atoms with van der Waals surface area (Å²) in [4.78, 5) is 10.5. The lowest BCUT2D eigenvalue weighted by molar-refractivity contribution is -0.196. The summed E-state index contributed by atoms with van der Waals surface area (Å²) in [6, 6.07) is 0. The molecule has 0 N–H and O–H groups in total. The first kappa shape index (κ1) is 28.1. The van der Waals surface area contributed by atoms with E-state index in [2.05, 4.69) is 37.9 Å². The van der Waals surface area contributed by atoms with Crippen LogP contribution in [-0.2, 0) is 9.09 Å². The van der Waals surface area contributed by atoms with Gasteiger partial charge in [-0.1, -0.05) is 52.9 Å². The van der Waals surface area contributed by atoms with E-state index in [1.54, 1.807) is 18.5 Å². The van der Waals surface area contributed by atoms with Crippen molar-refractivity contribution in [3.05, 3.63) is 0 Å². The van der Waals surface area contributed by atoms with Crippen LogP contribution < -0.4 is 4.89 Å². The zero-order valence-electron chi connectivity index (χ0n) is 17.2. The number of rotatable bonds is 16. The predicted octanol–water partition coefficient (Wildman–Crippen LogP) is 6.55. The largest absolute Gasteiger partial charge is 0.779 e. The van der Waals surface area contributed by atoms with Crippen molar-refractivity contribution < 1.29 is 14.0 Å². The summed E-state index contributed by atoms with van der Waals surface area (Å²) in [5.41, 5.74) is 0. The van der Waals surface area contributed by atoms with Crippen molar-refractivity contribution >= 4 is 28.1 Å². The van der Waals surface area contributed by atoms with E-state index in [4.69, 9.17) is 0 Å². The molecular formula is C19H43O3P2S-. The van der Waals surface area contributed by atoms with Gasteiger partial charge in [0.25, 0.3) is 0 Å². The quantitative estimate of drug-likeness (QED) is 0.177. The molecule has 0 radical (unpaired) electrons. The van der Waals surface area contributed by atoms with Gasteiger partial charge in [-0.05, 0) is 56.3 Å². The molecule has 0 aliphatic rings. The molecule has 0 amide bonds. The Balaban J connectivity index is 0. The summed E-state index contributed by atoms with van der Waals surface area (Å²) in [5.74, 6) is 0.898. The molecule has 0 bridgehead atoms. The first-order chi connectivity index (χ1) is 11.9. The third-order valence-electron chi connectivity index (χ3n) is 3.86. The van der Waals surface area contributed by atoms with Gasteiger partial charge < -0.3 is 14.0 Å². The van der Waals surface area contributed by atoms with Crippen molar-refractivity contribution in [3.8, 4) is 0 Å². The van der Waals surface area contributed by atoms with Crippen molar-refractivity contribution in [3.63, 3.8) is 0 Å². The summed E-state index contributed by atoms with van der Waals surface area (Å²) in [5, 5.41) is 0. The van der Waals surface area contributed by atoms with Crippen LogP contribution in [0.3, 0.4) is 0 Å². The average molecular weight is 414 g/mol. The van der Waals surface area contributed by atoms with Gasteiger partial charge in [-0.3, -0.25) is 0 Å². The molecule has 25 heavy (non-hydrogen) atoms. The van der Waals surface area contributed by atoms with Gasteiger partial charge >= 0.3 is 0 Å². The van der Waals surface area contributed by atoms with Gasteiger partial charge in [-0.15, -0.1) is 7.92 Å². The summed E-state index contributed by atoms with van der Waals surface area (Å²) in [7, 11) is -3.06. The normalized spacial score (nSPS) is 13.4. The molecule has 0 aromatic rings. The average Bonchev–Trinajstić information content (AvgIpc) is 2.57. The monoisotopic (exact) mass is 413 g/mol. The molecule has 1 atom stereocenters. The zero-order valence-corrected chi connectivity index (χ0v) is 19.9. The van der Waals surface area contributed by atoms with Gasteiger partial charge in [0.2, 0.25) is 0 Å². The van der Waals surface area contributed by atoms with Gasteiger partial charge in [-0.25, -0.2) is 0 Å². The van der Waals surface area contributed by atoms with Crippen molar-refractivity contribution in [1.29, 1.82) is 0 Å². The van der Waals surface area contributed by atoms with Crippen molar-refractivity contribution in [2.45, 2.75) is 85.0 Å². The molecule has 0 saturated carbocycles. The molecule has 0 aliphatic heterocycles. The molecule has 3 nitrogen and oxygen atoms in total. The highest BCUT2D eigenvalue weighted by molar-refractivity contribution is 7.80. The summed E-state index contributed by atoms with van der Waals surface area (Å²) in [6.45, 7) is 8.36. The molecule has 6 heteroatoms. The van der Waals surface area contributed by atoms with E-state index in [9.17, 15) is 9.46 Å². The first-order valence-corrected chi connectivity index (χ1v) is 14.7. The summed E-state index contributed by atoms with van der Waals surface area (Å²) < 4.78 is 15.1. The highest BCUT2D eigenvalue weighted by Gasteiger charge is 2.05. The van der Waals surface area contributed by atoms with E-state index >= 15 is 0 Å². The zero-order chi connectivity index (χ0) is 19.4. The lowest BCUT2D eigenvalue weighted by Gasteiger charge is -2.17. The lowest BCUT2D eigenvalue weighted by Crippen LogP contribution is -2.03. The van der Waals surface area contributed by atoms with Gasteiger partial charge in [0.05, 0.1) is 6.61 Å². The Morgan fingerprint density at radius 3 is 1.64 bits per heavy atom. The highest BCUT2D eigenvalue weighted by Crippen LogP contribution is 2.38. The topological polar surface area (TPSA) is 49.4 Å². The van der Waals surface area contributed by atoms with E-state index in [0.717, 1.165) is 38.1 Å². The number of hydrogen-bond donors (Lipinski definition) is 1. The summed E-state index contributed by atoms with van der Waals surface area (Å²) >= 11 is 4.07. The van der Waals surface area contributed by atoms with E-state index in [0.29, 0.717) is 14.5 Å². The molecule has 0 heterocycles. The maximum absolute atomic E-state index is 10.5. The van der Waals surface area contributed by atoms with Crippen LogP contribution in [0.5, 0.6) is 0 Å². The molecule has 0 saturated heterocycles. The lowest BCUT2D eigenvalue weighted by atomic mass is 10.2. The van der Waals surface area contributed by atoms with Crippen LogP contribution in [0.2, 0.25) is 0 Å². The minimum absolute atomic E-state index is 0.323. The van der Waals surface area contributed by atoms with Crippen molar-refractivity contribution in [1.82, 2.24) is 0 Å². The molecule has 1 unspecified atom stereocenters. The Kier molecular flexibility index (Phi) is 23.9. The highest BCUT2D eigenvalue weighted by atomic mass is 32.1. The number of hydrogen-bond acceptors (Lipinski definition) is 4. The number of thiol groups is 1. The molecule has 0 rings (SSSR count). The fourth-order valence-corrected chi connectivity index (χ4v) is 5.92. The Bertz CT molecular complexity index is 279. The smallest absolute Gasteiger partial charge is 0.131 e. The molecule has 0 aromatic carbocycles. The molecule has 154 valence electrons. The molecule has 0 aromatic heterocycles. The van der Waals surface area contributed by atoms with Gasteiger partial charge in [0.15, 0.2) is 0 Å². The molecule has 0 fully saturated rings. The Hall–Kier alpha value is 0.930. The third-order valence-corrected chi connectivity index (χ3v) is 7.68. The van der Waals surface area contributed by atoms with Crippen LogP contribution in [0.15, 0.2) is 0 Å². The Morgan fingerprint density at radius 2 is 1.28 bits per heavy atom.